The molecule has 0 aromatic heterocycles. The van der Waals surface area contributed by atoms with Crippen LogP contribution in [0.15, 0.2) is 24.3 Å². The van der Waals surface area contributed by atoms with Gasteiger partial charge in [-0.05, 0) is 31.5 Å². The van der Waals surface area contributed by atoms with E-state index in [4.69, 9.17) is 0 Å². The number of piperazine rings is 1. The van der Waals surface area contributed by atoms with E-state index in [1.165, 1.54) is 0 Å². The van der Waals surface area contributed by atoms with Crippen LogP contribution in [0, 0.1) is 5.92 Å². The summed E-state index contributed by atoms with van der Waals surface area (Å²) in [6, 6.07) is 8.09. The van der Waals surface area contributed by atoms with Crippen molar-refractivity contribution in [3.63, 3.8) is 0 Å². The molecule has 1 aromatic carbocycles. The molecular weight excluding hydrogens is 338 g/mol. The van der Waals surface area contributed by atoms with Crippen molar-refractivity contribution in [2.75, 3.05) is 20.1 Å². The summed E-state index contributed by atoms with van der Waals surface area (Å²) < 4.78 is 0. The van der Waals surface area contributed by atoms with Crippen LogP contribution in [-0.2, 0) is 11.3 Å². The summed E-state index contributed by atoms with van der Waals surface area (Å²) in [7, 11) is 1.81. The van der Waals surface area contributed by atoms with Crippen molar-refractivity contribution in [1.29, 1.82) is 0 Å². The summed E-state index contributed by atoms with van der Waals surface area (Å²) in [4.78, 5) is 28.3. The number of nitrogens with zero attached hydrogens (tertiary/aromatic N) is 2. The molecule has 1 aliphatic rings. The number of rotatable bonds is 4. The fourth-order valence-electron chi connectivity index (χ4n) is 3.05. The van der Waals surface area contributed by atoms with Crippen LogP contribution in [0.3, 0.4) is 0 Å². The first-order chi connectivity index (χ1) is 11.3. The molecule has 2 unspecified atom stereocenters. The van der Waals surface area contributed by atoms with Crippen molar-refractivity contribution in [2.24, 2.45) is 5.92 Å². The molecule has 0 bridgehead atoms. The zero-order valence-electron chi connectivity index (χ0n) is 15.8. The maximum absolute atomic E-state index is 12.7. The Bertz CT molecular complexity index is 589. The highest BCUT2D eigenvalue weighted by atomic mass is 35.5. The van der Waals surface area contributed by atoms with Gasteiger partial charge in [-0.3, -0.25) is 9.59 Å². The minimum Gasteiger partial charge on any atom is -0.341 e. The molecule has 25 heavy (non-hydrogen) atoms. The SMILES string of the molecule is CC(C)C(=O)N(C)Cc1ccc(C(=O)N2CCNC(C)C2C)cc1.Cl. The first-order valence-electron chi connectivity index (χ1n) is 8.69. The van der Waals surface area contributed by atoms with E-state index in [1.54, 1.807) is 4.90 Å². The summed E-state index contributed by atoms with van der Waals surface area (Å²) in [5.41, 5.74) is 1.74. The van der Waals surface area contributed by atoms with Crippen molar-refractivity contribution < 1.29 is 9.59 Å². The van der Waals surface area contributed by atoms with Gasteiger partial charge in [-0.25, -0.2) is 0 Å². The van der Waals surface area contributed by atoms with Crippen LogP contribution in [0.1, 0.15) is 43.6 Å². The molecule has 5 nitrogen and oxygen atoms in total. The summed E-state index contributed by atoms with van der Waals surface area (Å²) in [6.07, 6.45) is 0. The Labute approximate surface area is 157 Å². The van der Waals surface area contributed by atoms with Crippen molar-refractivity contribution in [2.45, 2.75) is 46.3 Å². The fourth-order valence-corrected chi connectivity index (χ4v) is 3.05. The van der Waals surface area contributed by atoms with Gasteiger partial charge in [-0.15, -0.1) is 12.4 Å². The van der Waals surface area contributed by atoms with Crippen LogP contribution in [-0.4, -0.2) is 53.8 Å². The Balaban J connectivity index is 0.00000312. The average molecular weight is 368 g/mol. The van der Waals surface area contributed by atoms with Crippen LogP contribution in [0.5, 0.6) is 0 Å². The summed E-state index contributed by atoms with van der Waals surface area (Å²) in [6.45, 7) is 10.1. The normalized spacial score (nSPS) is 20.2. The second-order valence-electron chi connectivity index (χ2n) is 7.03. The molecule has 1 saturated heterocycles. The van der Waals surface area contributed by atoms with Crippen LogP contribution in [0.2, 0.25) is 0 Å². The number of nitrogens with one attached hydrogen (secondary N) is 1. The molecule has 0 aliphatic carbocycles. The Morgan fingerprint density at radius 3 is 2.40 bits per heavy atom. The molecular formula is C19H30ClN3O2. The first-order valence-corrected chi connectivity index (χ1v) is 8.69. The molecule has 1 aromatic rings. The van der Waals surface area contributed by atoms with E-state index in [1.807, 2.05) is 50.1 Å². The Hall–Kier alpha value is -1.59. The lowest BCUT2D eigenvalue weighted by Crippen LogP contribution is -2.57. The third kappa shape index (κ3) is 5.19. The van der Waals surface area contributed by atoms with Gasteiger partial charge >= 0.3 is 0 Å². The molecule has 1 aliphatic heterocycles. The van der Waals surface area contributed by atoms with E-state index in [0.717, 1.165) is 18.7 Å². The molecule has 1 heterocycles. The van der Waals surface area contributed by atoms with E-state index in [0.29, 0.717) is 18.2 Å². The smallest absolute Gasteiger partial charge is 0.254 e. The van der Waals surface area contributed by atoms with E-state index in [2.05, 4.69) is 19.2 Å². The van der Waals surface area contributed by atoms with Crippen LogP contribution in [0.4, 0.5) is 0 Å². The van der Waals surface area contributed by atoms with Crippen LogP contribution in [0.25, 0.3) is 0 Å². The van der Waals surface area contributed by atoms with Crippen molar-refractivity contribution in [3.05, 3.63) is 35.4 Å². The molecule has 140 valence electrons. The third-order valence-corrected chi connectivity index (χ3v) is 4.79. The highest BCUT2D eigenvalue weighted by molar-refractivity contribution is 5.94. The summed E-state index contributed by atoms with van der Waals surface area (Å²) in [5.74, 6) is 0.194. The molecule has 0 radical (unpaired) electrons. The quantitative estimate of drug-likeness (QED) is 0.889. The highest BCUT2D eigenvalue weighted by Crippen LogP contribution is 2.15. The van der Waals surface area contributed by atoms with Gasteiger partial charge in [0.2, 0.25) is 5.91 Å². The van der Waals surface area contributed by atoms with Gasteiger partial charge in [0.15, 0.2) is 0 Å². The Kier molecular flexibility index (Phi) is 7.90. The zero-order valence-corrected chi connectivity index (χ0v) is 16.6. The van der Waals surface area contributed by atoms with Gasteiger partial charge in [0.05, 0.1) is 0 Å². The van der Waals surface area contributed by atoms with Crippen molar-refractivity contribution in [3.8, 4) is 0 Å². The predicted octanol–water partition coefficient (Wildman–Crippen LogP) is 2.55. The average Bonchev–Trinajstić information content (AvgIpc) is 2.56. The molecule has 1 fully saturated rings. The van der Waals surface area contributed by atoms with Crippen LogP contribution >= 0.6 is 12.4 Å². The number of carbonyl (C=O) groups excluding carboxylic acids is 2. The number of carbonyl (C=O) groups is 2. The largest absolute Gasteiger partial charge is 0.341 e. The lowest BCUT2D eigenvalue weighted by atomic mass is 10.0. The Morgan fingerprint density at radius 1 is 1.24 bits per heavy atom. The number of benzene rings is 1. The zero-order chi connectivity index (χ0) is 17.9. The Morgan fingerprint density at radius 2 is 1.84 bits per heavy atom. The van der Waals surface area contributed by atoms with Gasteiger partial charge in [0, 0.05) is 50.2 Å². The summed E-state index contributed by atoms with van der Waals surface area (Å²) >= 11 is 0. The molecule has 1 N–H and O–H groups in total. The predicted molar refractivity (Wildman–Crippen MR) is 103 cm³/mol. The van der Waals surface area contributed by atoms with Crippen LogP contribution < -0.4 is 5.32 Å². The second-order valence-corrected chi connectivity index (χ2v) is 7.03. The number of amides is 2. The second kappa shape index (κ2) is 9.20. The molecule has 0 saturated carbocycles. The van der Waals surface area contributed by atoms with E-state index in [9.17, 15) is 9.59 Å². The first kappa shape index (κ1) is 21.5. The maximum atomic E-state index is 12.7. The number of hydrogen-bond acceptors (Lipinski definition) is 3. The van der Waals surface area contributed by atoms with Gasteiger partial charge in [0.25, 0.3) is 5.91 Å². The topological polar surface area (TPSA) is 52.7 Å². The third-order valence-electron chi connectivity index (χ3n) is 4.79. The van der Waals surface area contributed by atoms with Gasteiger partial charge in [-0.2, -0.15) is 0 Å². The molecule has 2 atom stereocenters. The van der Waals surface area contributed by atoms with Gasteiger partial charge in [0.1, 0.15) is 0 Å². The van der Waals surface area contributed by atoms with Gasteiger partial charge < -0.3 is 15.1 Å². The van der Waals surface area contributed by atoms with E-state index < -0.39 is 0 Å². The van der Waals surface area contributed by atoms with Gasteiger partial charge in [-0.1, -0.05) is 26.0 Å². The van der Waals surface area contributed by atoms with Crippen molar-refractivity contribution in [1.82, 2.24) is 15.1 Å². The minimum absolute atomic E-state index is 0. The number of hydrogen-bond donors (Lipinski definition) is 1. The monoisotopic (exact) mass is 367 g/mol. The fraction of sp³-hybridized carbons (Fsp3) is 0.579. The summed E-state index contributed by atoms with van der Waals surface area (Å²) in [5, 5.41) is 3.39. The highest BCUT2D eigenvalue weighted by Gasteiger charge is 2.28. The molecule has 0 spiro atoms. The molecule has 2 amide bonds. The standard InChI is InChI=1S/C19H29N3O2.ClH/c1-13(2)18(23)21(5)12-16-6-8-17(9-7-16)19(24)22-11-10-20-14(3)15(22)4;/h6-9,13-15,20H,10-12H2,1-5H3;1H. The molecule has 2 rings (SSSR count). The molecule has 6 heteroatoms. The lowest BCUT2D eigenvalue weighted by molar-refractivity contribution is -0.133. The number of halogens is 1. The van der Waals surface area contributed by atoms with E-state index >= 15 is 0 Å². The lowest BCUT2D eigenvalue weighted by Gasteiger charge is -2.38. The minimum atomic E-state index is -0.00737. The van der Waals surface area contributed by atoms with E-state index in [-0.39, 0.29) is 36.2 Å². The maximum Gasteiger partial charge on any atom is 0.254 e. The van der Waals surface area contributed by atoms with Crippen molar-refractivity contribution >= 4 is 24.2 Å².